The summed E-state index contributed by atoms with van der Waals surface area (Å²) in [4.78, 5) is 7.71. The van der Waals surface area contributed by atoms with Crippen molar-refractivity contribution >= 4 is 16.7 Å². The van der Waals surface area contributed by atoms with Gasteiger partial charge in [0.25, 0.3) is 5.89 Å². The third-order valence-electron chi connectivity index (χ3n) is 7.22. The molecule has 4 bridgehead atoms. The predicted octanol–water partition coefficient (Wildman–Crippen LogP) is 3.21. The smallest absolute Gasteiger partial charge is 0.251 e. The van der Waals surface area contributed by atoms with Crippen LogP contribution in [0.5, 0.6) is 0 Å². The first-order chi connectivity index (χ1) is 13.2. The third kappa shape index (κ3) is 2.27. The zero-order valence-corrected chi connectivity index (χ0v) is 15.1. The predicted molar refractivity (Wildman–Crippen MR) is 99.9 cm³/mol. The number of hydrogen-bond acceptors (Lipinski definition) is 6. The molecule has 4 saturated carbocycles. The third-order valence-corrected chi connectivity index (χ3v) is 7.22. The molecule has 5 atom stereocenters. The summed E-state index contributed by atoms with van der Waals surface area (Å²) in [7, 11) is 0. The van der Waals surface area contributed by atoms with E-state index < -0.39 is 0 Å². The van der Waals surface area contributed by atoms with Crippen molar-refractivity contribution in [2.24, 2.45) is 23.2 Å². The minimum atomic E-state index is 0.172. The molecule has 4 aliphatic carbocycles. The number of fused-ring (bicyclic) bond motifs is 1. The van der Waals surface area contributed by atoms with Gasteiger partial charge in [0.1, 0.15) is 5.65 Å². The van der Waals surface area contributed by atoms with Gasteiger partial charge in [-0.05, 0) is 61.3 Å². The van der Waals surface area contributed by atoms with Gasteiger partial charge < -0.3 is 19.8 Å². The fraction of sp³-hybridized carbons (Fsp3) is 0.550. The lowest BCUT2D eigenvalue weighted by molar-refractivity contribution is -0.0868. The van der Waals surface area contributed by atoms with Gasteiger partial charge in [0.15, 0.2) is 0 Å². The Kier molecular flexibility index (Phi) is 3.21. The van der Waals surface area contributed by atoms with Gasteiger partial charge in [-0.3, -0.25) is 0 Å². The average Bonchev–Trinajstić information content (AvgIpc) is 3.35. The van der Waals surface area contributed by atoms with Crippen molar-refractivity contribution in [2.45, 2.75) is 38.1 Å². The summed E-state index contributed by atoms with van der Waals surface area (Å²) in [6.45, 7) is 0.341. The van der Waals surface area contributed by atoms with E-state index in [-0.39, 0.29) is 5.41 Å². The SMILES string of the molecule is OC[C@]12CC3C[C@H](C1)C(Nc1c(-c4nnco4)cnc4[nH]ccc14)[C@@H](C3)C2. The molecule has 3 heterocycles. The maximum atomic E-state index is 10.0. The van der Waals surface area contributed by atoms with Crippen molar-refractivity contribution in [3.05, 3.63) is 24.9 Å². The number of nitrogens with one attached hydrogen (secondary N) is 2. The normalized spacial score (nSPS) is 34.4. The minimum absolute atomic E-state index is 0.172. The quantitative estimate of drug-likeness (QED) is 0.656. The van der Waals surface area contributed by atoms with Crippen LogP contribution in [0, 0.1) is 23.2 Å². The summed E-state index contributed by atoms with van der Waals surface area (Å²) < 4.78 is 5.48. The summed E-state index contributed by atoms with van der Waals surface area (Å²) in [5.41, 5.74) is 2.91. The largest absolute Gasteiger partial charge is 0.423 e. The highest BCUT2D eigenvalue weighted by Crippen LogP contribution is 2.60. The number of H-pyrrole nitrogens is 1. The molecule has 0 aromatic carbocycles. The lowest BCUT2D eigenvalue weighted by Crippen LogP contribution is -2.57. The van der Waals surface area contributed by atoms with Crippen LogP contribution in [0.4, 0.5) is 5.69 Å². The average molecular weight is 365 g/mol. The van der Waals surface area contributed by atoms with Gasteiger partial charge in [-0.2, -0.15) is 0 Å². The van der Waals surface area contributed by atoms with E-state index in [1.165, 1.54) is 25.7 Å². The first kappa shape index (κ1) is 15.6. The van der Waals surface area contributed by atoms with Gasteiger partial charge in [0, 0.05) is 30.4 Å². The van der Waals surface area contributed by atoms with Crippen LogP contribution in [-0.4, -0.2) is 37.9 Å². The zero-order valence-electron chi connectivity index (χ0n) is 15.1. The van der Waals surface area contributed by atoms with Gasteiger partial charge in [-0.15, -0.1) is 10.2 Å². The molecule has 27 heavy (non-hydrogen) atoms. The number of aromatic nitrogens is 4. The highest BCUT2D eigenvalue weighted by molar-refractivity contribution is 5.97. The van der Waals surface area contributed by atoms with E-state index in [1.54, 1.807) is 6.20 Å². The van der Waals surface area contributed by atoms with Crippen molar-refractivity contribution in [1.29, 1.82) is 0 Å². The molecule has 7 rings (SSSR count). The second-order valence-electron chi connectivity index (χ2n) is 8.83. The lowest BCUT2D eigenvalue weighted by atomic mass is 9.48. The molecule has 4 fully saturated rings. The van der Waals surface area contributed by atoms with Gasteiger partial charge in [0.2, 0.25) is 6.39 Å². The molecule has 3 aromatic rings. The number of rotatable bonds is 4. The number of hydrogen-bond donors (Lipinski definition) is 3. The first-order valence-corrected chi connectivity index (χ1v) is 9.85. The highest BCUT2D eigenvalue weighted by atomic mass is 16.4. The number of anilines is 1. The van der Waals surface area contributed by atoms with Gasteiger partial charge in [0.05, 0.1) is 11.3 Å². The Balaban J connectivity index is 1.41. The van der Waals surface area contributed by atoms with Gasteiger partial charge in [-0.25, -0.2) is 4.98 Å². The summed E-state index contributed by atoms with van der Waals surface area (Å²) in [5, 5.41) is 22.9. The van der Waals surface area contributed by atoms with Crippen molar-refractivity contribution in [3.63, 3.8) is 0 Å². The number of pyridine rings is 1. The number of aliphatic hydroxyl groups is 1. The summed E-state index contributed by atoms with van der Waals surface area (Å²) in [6, 6.07) is 2.47. The fourth-order valence-electron chi connectivity index (χ4n) is 6.40. The number of nitrogens with zero attached hydrogens (tertiary/aromatic N) is 3. The molecule has 2 unspecified atom stereocenters. The van der Waals surface area contributed by atoms with Crippen LogP contribution in [0.2, 0.25) is 0 Å². The Hall–Kier alpha value is -2.41. The first-order valence-electron chi connectivity index (χ1n) is 9.85. The Morgan fingerprint density at radius 3 is 2.85 bits per heavy atom. The van der Waals surface area contributed by atoms with Gasteiger partial charge in [-0.1, -0.05) is 0 Å². The van der Waals surface area contributed by atoms with E-state index in [1.807, 2.05) is 6.20 Å². The molecule has 0 aliphatic heterocycles. The van der Waals surface area contributed by atoms with Crippen LogP contribution in [0.1, 0.15) is 32.1 Å². The summed E-state index contributed by atoms with van der Waals surface area (Å²) >= 11 is 0. The fourth-order valence-corrected chi connectivity index (χ4v) is 6.40. The van der Waals surface area contributed by atoms with Crippen molar-refractivity contribution in [3.8, 4) is 11.5 Å². The zero-order chi connectivity index (χ0) is 18.0. The summed E-state index contributed by atoms with van der Waals surface area (Å²) in [5.74, 6) is 2.50. The van der Waals surface area contributed by atoms with Crippen molar-refractivity contribution in [2.75, 3.05) is 11.9 Å². The maximum Gasteiger partial charge on any atom is 0.251 e. The van der Waals surface area contributed by atoms with Crippen LogP contribution < -0.4 is 5.32 Å². The van der Waals surface area contributed by atoms with Crippen LogP contribution in [0.25, 0.3) is 22.5 Å². The Morgan fingerprint density at radius 1 is 1.26 bits per heavy atom. The second kappa shape index (κ2) is 5.55. The molecule has 0 spiro atoms. The van der Waals surface area contributed by atoms with Gasteiger partial charge >= 0.3 is 0 Å². The molecular weight excluding hydrogens is 342 g/mol. The van der Waals surface area contributed by atoms with E-state index in [4.69, 9.17) is 4.42 Å². The lowest BCUT2D eigenvalue weighted by Gasteiger charge is -2.60. The number of aliphatic hydroxyl groups excluding tert-OH is 1. The van der Waals surface area contributed by atoms with E-state index in [9.17, 15) is 5.11 Å². The molecular formula is C20H23N5O2. The van der Waals surface area contributed by atoms with Crippen LogP contribution in [0.15, 0.2) is 29.3 Å². The van der Waals surface area contributed by atoms with E-state index in [2.05, 4.69) is 31.5 Å². The molecule has 7 nitrogen and oxygen atoms in total. The Bertz CT molecular complexity index is 966. The Labute approximate surface area is 156 Å². The standard InChI is InChI=1S/C20H23N5O2/c26-9-20-5-11-3-12(6-20)16(13(4-11)7-20)24-17-14-1-2-21-18(14)22-8-15(17)19-25-23-10-27-19/h1-2,8,10-13,16,26H,3-7,9H2,(H2,21,22,24)/t11?,12-,13+,16?,20-. The number of aromatic amines is 1. The molecule has 0 saturated heterocycles. The van der Waals surface area contributed by atoms with Crippen LogP contribution in [-0.2, 0) is 0 Å². The van der Waals surface area contributed by atoms with Crippen LogP contribution >= 0.6 is 0 Å². The topological polar surface area (TPSA) is 99.9 Å². The second-order valence-corrected chi connectivity index (χ2v) is 8.83. The summed E-state index contributed by atoms with van der Waals surface area (Å²) in [6.07, 6.45) is 11.1. The highest BCUT2D eigenvalue weighted by Gasteiger charge is 2.55. The molecule has 0 radical (unpaired) electrons. The van der Waals surface area contributed by atoms with E-state index in [0.29, 0.717) is 30.4 Å². The molecule has 4 aliphatic rings. The maximum absolute atomic E-state index is 10.0. The van der Waals surface area contributed by atoms with E-state index in [0.717, 1.165) is 41.0 Å². The van der Waals surface area contributed by atoms with Crippen LogP contribution in [0.3, 0.4) is 0 Å². The van der Waals surface area contributed by atoms with Crippen molar-refractivity contribution in [1.82, 2.24) is 20.2 Å². The van der Waals surface area contributed by atoms with Crippen molar-refractivity contribution < 1.29 is 9.52 Å². The minimum Gasteiger partial charge on any atom is -0.423 e. The molecule has 7 heteroatoms. The molecule has 3 aromatic heterocycles. The molecule has 140 valence electrons. The monoisotopic (exact) mass is 365 g/mol. The molecule has 0 amide bonds. The van der Waals surface area contributed by atoms with E-state index >= 15 is 0 Å². The molecule has 3 N–H and O–H groups in total. The Morgan fingerprint density at radius 2 is 2.11 bits per heavy atom.